The molecule has 0 fully saturated rings. The highest BCUT2D eigenvalue weighted by atomic mass is 16.1. The van der Waals surface area contributed by atoms with E-state index in [1.165, 1.54) is 0 Å². The van der Waals surface area contributed by atoms with Gasteiger partial charge in [0.1, 0.15) is 5.52 Å². The van der Waals surface area contributed by atoms with Crippen molar-refractivity contribution in [1.82, 2.24) is 15.0 Å². The average Bonchev–Trinajstić information content (AvgIpc) is 2.62. The van der Waals surface area contributed by atoms with Crippen LogP contribution in [0.3, 0.4) is 0 Å². The first-order chi connectivity index (χ1) is 7.18. The molecule has 1 heterocycles. The molecule has 1 aromatic carbocycles. The number of primary amides is 1. The fourth-order valence-corrected chi connectivity index (χ4v) is 1.40. The Kier molecular flexibility index (Phi) is 2.37. The summed E-state index contributed by atoms with van der Waals surface area (Å²) in [6, 6.07) is 7.62. The third kappa shape index (κ3) is 1.81. The van der Waals surface area contributed by atoms with Gasteiger partial charge >= 0.3 is 0 Å². The van der Waals surface area contributed by atoms with Crippen LogP contribution in [0.15, 0.2) is 24.3 Å². The summed E-state index contributed by atoms with van der Waals surface area (Å²) in [5.74, 6) is -0.565. The van der Waals surface area contributed by atoms with Gasteiger partial charge in [-0.3, -0.25) is 4.79 Å². The van der Waals surface area contributed by atoms with Crippen LogP contribution in [0.1, 0.15) is 6.92 Å². The lowest BCUT2D eigenvalue weighted by atomic mass is 10.2. The van der Waals surface area contributed by atoms with Crippen LogP contribution in [-0.2, 0) is 11.3 Å². The number of aromatic nitrogens is 3. The molecule has 78 valence electrons. The molecule has 5 heteroatoms. The third-order valence-electron chi connectivity index (χ3n) is 2.35. The molecule has 1 amide bonds. The Balaban J connectivity index is 2.32. The van der Waals surface area contributed by atoms with Gasteiger partial charge < -0.3 is 5.73 Å². The van der Waals surface area contributed by atoms with Gasteiger partial charge in [0, 0.05) is 0 Å². The number of hydrogen-bond acceptors (Lipinski definition) is 3. The average molecular weight is 204 g/mol. The van der Waals surface area contributed by atoms with Crippen LogP contribution >= 0.6 is 0 Å². The van der Waals surface area contributed by atoms with E-state index in [0.717, 1.165) is 11.0 Å². The van der Waals surface area contributed by atoms with E-state index in [2.05, 4.69) is 10.3 Å². The molecule has 0 saturated carbocycles. The number of para-hydroxylation sites is 1. The third-order valence-corrected chi connectivity index (χ3v) is 2.35. The van der Waals surface area contributed by atoms with Crippen LogP contribution in [-0.4, -0.2) is 20.9 Å². The Morgan fingerprint density at radius 1 is 1.53 bits per heavy atom. The first-order valence-electron chi connectivity index (χ1n) is 4.76. The Morgan fingerprint density at radius 2 is 2.27 bits per heavy atom. The van der Waals surface area contributed by atoms with Gasteiger partial charge in [-0.15, -0.1) is 5.10 Å². The molecule has 0 saturated heterocycles. The highest BCUT2D eigenvalue weighted by Gasteiger charge is 2.12. The Bertz CT molecular complexity index is 491. The van der Waals surface area contributed by atoms with Crippen molar-refractivity contribution < 1.29 is 4.79 Å². The molecule has 15 heavy (non-hydrogen) atoms. The van der Waals surface area contributed by atoms with E-state index in [9.17, 15) is 4.79 Å². The minimum atomic E-state index is -0.324. The number of fused-ring (bicyclic) bond motifs is 1. The maximum absolute atomic E-state index is 10.9. The SMILES string of the molecule is C[C@@H](Cn1nnc2ccccc21)C(N)=O. The molecule has 5 nitrogen and oxygen atoms in total. The van der Waals surface area contributed by atoms with Gasteiger partial charge in [0.2, 0.25) is 5.91 Å². The van der Waals surface area contributed by atoms with Crippen LogP contribution in [0, 0.1) is 5.92 Å². The van der Waals surface area contributed by atoms with E-state index < -0.39 is 0 Å². The molecule has 0 aliphatic heterocycles. The molecular weight excluding hydrogens is 192 g/mol. The predicted octanol–water partition coefficient (Wildman–Crippen LogP) is 0.553. The van der Waals surface area contributed by atoms with Gasteiger partial charge in [0.15, 0.2) is 0 Å². The van der Waals surface area contributed by atoms with E-state index in [4.69, 9.17) is 5.73 Å². The summed E-state index contributed by atoms with van der Waals surface area (Å²) < 4.78 is 1.70. The van der Waals surface area contributed by atoms with E-state index in [-0.39, 0.29) is 11.8 Å². The van der Waals surface area contributed by atoms with Crippen molar-refractivity contribution in [2.75, 3.05) is 0 Å². The summed E-state index contributed by atoms with van der Waals surface area (Å²) >= 11 is 0. The monoisotopic (exact) mass is 204 g/mol. The Hall–Kier alpha value is -1.91. The number of carbonyl (C=O) groups is 1. The summed E-state index contributed by atoms with van der Waals surface area (Å²) in [4.78, 5) is 10.9. The smallest absolute Gasteiger partial charge is 0.222 e. The van der Waals surface area contributed by atoms with Gasteiger partial charge in [-0.05, 0) is 12.1 Å². The second-order valence-corrected chi connectivity index (χ2v) is 3.56. The number of rotatable bonds is 3. The van der Waals surface area contributed by atoms with Gasteiger partial charge in [-0.2, -0.15) is 0 Å². The Labute approximate surface area is 86.9 Å². The Morgan fingerprint density at radius 3 is 3.00 bits per heavy atom. The second-order valence-electron chi connectivity index (χ2n) is 3.56. The maximum Gasteiger partial charge on any atom is 0.222 e. The van der Waals surface area contributed by atoms with Crippen molar-refractivity contribution in [2.45, 2.75) is 13.5 Å². The lowest BCUT2D eigenvalue weighted by Crippen LogP contribution is -2.25. The zero-order chi connectivity index (χ0) is 10.8. The molecule has 1 aromatic heterocycles. The van der Waals surface area contributed by atoms with Gasteiger partial charge in [-0.1, -0.05) is 24.3 Å². The summed E-state index contributed by atoms with van der Waals surface area (Å²) in [5.41, 5.74) is 6.95. The molecule has 2 aromatic rings. The van der Waals surface area contributed by atoms with E-state index >= 15 is 0 Å². The van der Waals surface area contributed by atoms with Crippen LogP contribution in [0.5, 0.6) is 0 Å². The predicted molar refractivity (Wildman–Crippen MR) is 55.9 cm³/mol. The fraction of sp³-hybridized carbons (Fsp3) is 0.300. The highest BCUT2D eigenvalue weighted by Crippen LogP contribution is 2.11. The zero-order valence-electron chi connectivity index (χ0n) is 8.42. The van der Waals surface area contributed by atoms with Crippen molar-refractivity contribution in [1.29, 1.82) is 0 Å². The first kappa shape index (κ1) is 9.64. The van der Waals surface area contributed by atoms with Crippen LogP contribution in [0.25, 0.3) is 11.0 Å². The number of carbonyl (C=O) groups excluding carboxylic acids is 1. The molecule has 0 spiro atoms. The highest BCUT2D eigenvalue weighted by molar-refractivity contribution is 5.77. The lowest BCUT2D eigenvalue weighted by Gasteiger charge is -2.06. The number of nitrogens with zero attached hydrogens (tertiary/aromatic N) is 3. The van der Waals surface area contributed by atoms with Gasteiger partial charge in [0.05, 0.1) is 18.0 Å². The molecule has 0 aliphatic rings. The van der Waals surface area contributed by atoms with Crippen molar-refractivity contribution >= 4 is 16.9 Å². The van der Waals surface area contributed by atoms with Gasteiger partial charge in [0.25, 0.3) is 0 Å². The maximum atomic E-state index is 10.9. The van der Waals surface area contributed by atoms with Crippen LogP contribution < -0.4 is 5.73 Å². The van der Waals surface area contributed by atoms with Crippen molar-refractivity contribution in [2.24, 2.45) is 11.7 Å². The summed E-state index contributed by atoms with van der Waals surface area (Å²) in [6.45, 7) is 2.24. The van der Waals surface area contributed by atoms with Crippen molar-refractivity contribution in [3.63, 3.8) is 0 Å². The fourth-order valence-electron chi connectivity index (χ4n) is 1.40. The second kappa shape index (κ2) is 3.68. The van der Waals surface area contributed by atoms with Crippen LogP contribution in [0.2, 0.25) is 0 Å². The van der Waals surface area contributed by atoms with Crippen molar-refractivity contribution in [3.05, 3.63) is 24.3 Å². The van der Waals surface area contributed by atoms with Crippen molar-refractivity contribution in [3.8, 4) is 0 Å². The standard InChI is InChI=1S/C10H12N4O/c1-7(10(11)15)6-14-9-5-3-2-4-8(9)12-13-14/h2-5,7H,6H2,1H3,(H2,11,15)/t7-/m0/s1. The number of amides is 1. The van der Waals surface area contributed by atoms with E-state index in [0.29, 0.717) is 6.54 Å². The number of benzene rings is 1. The normalized spacial score (nSPS) is 12.9. The minimum Gasteiger partial charge on any atom is -0.369 e. The van der Waals surface area contributed by atoms with E-state index in [1.807, 2.05) is 24.3 Å². The molecule has 0 bridgehead atoms. The molecule has 0 unspecified atom stereocenters. The molecule has 2 rings (SSSR count). The first-order valence-corrected chi connectivity index (χ1v) is 4.76. The number of hydrogen-bond donors (Lipinski definition) is 1. The summed E-state index contributed by atoms with van der Waals surface area (Å²) in [7, 11) is 0. The topological polar surface area (TPSA) is 73.8 Å². The summed E-state index contributed by atoms with van der Waals surface area (Å²) in [6.07, 6.45) is 0. The molecule has 0 aliphatic carbocycles. The van der Waals surface area contributed by atoms with Gasteiger partial charge in [-0.25, -0.2) is 4.68 Å². The van der Waals surface area contributed by atoms with E-state index in [1.54, 1.807) is 11.6 Å². The summed E-state index contributed by atoms with van der Waals surface area (Å²) in [5, 5.41) is 7.97. The lowest BCUT2D eigenvalue weighted by molar-refractivity contribution is -0.121. The zero-order valence-corrected chi connectivity index (χ0v) is 8.42. The largest absolute Gasteiger partial charge is 0.369 e. The molecule has 0 radical (unpaired) electrons. The number of nitrogens with two attached hydrogens (primary N) is 1. The molecule has 1 atom stereocenters. The minimum absolute atomic E-state index is 0.241. The van der Waals surface area contributed by atoms with Crippen LogP contribution in [0.4, 0.5) is 0 Å². The molecule has 2 N–H and O–H groups in total. The molecular formula is C10H12N4O. The quantitative estimate of drug-likeness (QED) is 0.793.